The van der Waals surface area contributed by atoms with Gasteiger partial charge in [-0.3, -0.25) is 55.8 Å². The van der Waals surface area contributed by atoms with Crippen LogP contribution in [-0.2, 0) is 101 Å². The second-order valence-electron chi connectivity index (χ2n) is 16.4. The van der Waals surface area contributed by atoms with Gasteiger partial charge in [0.2, 0.25) is 0 Å². The smallest absolute Gasteiger partial charge is 0.332 e. The van der Waals surface area contributed by atoms with Gasteiger partial charge in [0.1, 0.15) is 36.9 Å². The molecule has 10 rings (SSSR count). The average Bonchev–Trinajstić information content (AvgIpc) is 4.26. The maximum atomic E-state index is 12.9. The molecule has 0 aliphatic carbocycles. The number of nitrogens with zero attached hydrogens (tertiary/aromatic N) is 24. The van der Waals surface area contributed by atoms with Gasteiger partial charge in [-0.1, -0.05) is 15.6 Å². The molecule has 0 saturated heterocycles. The van der Waals surface area contributed by atoms with Crippen molar-refractivity contribution < 1.29 is 14.2 Å². The molecule has 0 bridgehead atoms. The van der Waals surface area contributed by atoms with Crippen LogP contribution in [0.25, 0.3) is 33.5 Å². The Kier molecular flexibility index (Phi) is 11.7. The summed E-state index contributed by atoms with van der Waals surface area (Å²) in [5.41, 5.74) is -0.00799. The molecular formula is C39H42N24O9. The minimum Gasteiger partial charge on any atom is -0.457 e. The topological polar surface area (TPSA) is 344 Å². The zero-order chi connectivity index (χ0) is 50.5. The van der Waals surface area contributed by atoms with E-state index in [4.69, 9.17) is 14.2 Å². The molecule has 10 heterocycles. The van der Waals surface area contributed by atoms with Gasteiger partial charge < -0.3 is 27.9 Å². The summed E-state index contributed by atoms with van der Waals surface area (Å²) in [5.74, 6) is 0. The average molecular weight is 991 g/mol. The van der Waals surface area contributed by atoms with Crippen molar-refractivity contribution in [3.63, 3.8) is 0 Å². The minimum absolute atomic E-state index is 0.134. The van der Waals surface area contributed by atoms with Crippen molar-refractivity contribution >= 4 is 33.5 Å². The van der Waals surface area contributed by atoms with Gasteiger partial charge in [0, 0.05) is 61.9 Å². The van der Waals surface area contributed by atoms with Crippen molar-refractivity contribution in [2.24, 2.45) is 42.3 Å². The number of rotatable bonds is 18. The predicted octanol–water partition coefficient (Wildman–Crippen LogP) is -4.27. The highest BCUT2D eigenvalue weighted by Gasteiger charge is 2.19. The molecule has 10 aromatic rings. The first-order valence-corrected chi connectivity index (χ1v) is 21.8. The highest BCUT2D eigenvalue weighted by Crippen LogP contribution is 2.18. The molecule has 0 radical (unpaired) electrons. The molecular weight excluding hydrogens is 949 g/mol. The molecule has 0 spiro atoms. The third kappa shape index (κ3) is 8.46. The van der Waals surface area contributed by atoms with Crippen molar-refractivity contribution in [2.45, 2.75) is 59.1 Å². The van der Waals surface area contributed by atoms with Gasteiger partial charge in [0.25, 0.3) is 16.7 Å². The first-order valence-electron chi connectivity index (χ1n) is 21.8. The number of imidazole rings is 3. The Morgan fingerprint density at radius 1 is 0.389 bits per heavy atom. The number of fused-ring (bicyclic) bond motifs is 3. The molecule has 0 aliphatic rings. The Bertz CT molecular complexity index is 3670. The van der Waals surface area contributed by atoms with Crippen molar-refractivity contribution in [2.75, 3.05) is 0 Å². The summed E-state index contributed by atoms with van der Waals surface area (Å²) in [5, 5.41) is 25.1. The van der Waals surface area contributed by atoms with Crippen LogP contribution >= 0.6 is 0 Å². The number of hydrogen-bond donors (Lipinski definition) is 0. The van der Waals surface area contributed by atoms with Crippen LogP contribution in [0.2, 0.25) is 0 Å². The summed E-state index contributed by atoms with van der Waals surface area (Å²) in [6.45, 7) is 1.38. The molecule has 0 amide bonds. The summed E-state index contributed by atoms with van der Waals surface area (Å²) in [4.78, 5) is 102. The number of ether oxygens (including phenoxy) is 3. The Labute approximate surface area is 399 Å². The second kappa shape index (κ2) is 18.3. The lowest BCUT2D eigenvalue weighted by Gasteiger charge is -2.08. The maximum Gasteiger partial charge on any atom is 0.332 e. The summed E-state index contributed by atoms with van der Waals surface area (Å²) < 4.78 is 34.3. The van der Waals surface area contributed by atoms with Crippen LogP contribution in [0.4, 0.5) is 0 Å². The molecule has 0 fully saturated rings. The second-order valence-corrected chi connectivity index (χ2v) is 16.4. The van der Waals surface area contributed by atoms with E-state index in [2.05, 4.69) is 60.8 Å². The van der Waals surface area contributed by atoms with E-state index < -0.39 is 33.7 Å². The van der Waals surface area contributed by atoms with E-state index in [0.29, 0.717) is 56.4 Å². The Hall–Kier alpha value is -9.72. The Morgan fingerprint density at radius 3 is 0.944 bits per heavy atom. The van der Waals surface area contributed by atoms with Gasteiger partial charge in [0.15, 0.2) is 33.5 Å². The number of aryl methyl sites for hydroxylation is 9. The summed E-state index contributed by atoms with van der Waals surface area (Å²) >= 11 is 0. The lowest BCUT2D eigenvalue weighted by atomic mass is 10.4. The monoisotopic (exact) mass is 990 g/mol. The van der Waals surface area contributed by atoms with Crippen LogP contribution in [0, 0.1) is 0 Å². The Balaban J connectivity index is 0.815. The van der Waals surface area contributed by atoms with Crippen molar-refractivity contribution in [1.82, 2.24) is 116 Å². The van der Waals surface area contributed by atoms with Crippen LogP contribution < -0.4 is 48.0 Å². The standard InChI is InChI=1S/C39H42N24O9/c1-52-28-25(31(64)55(4)37(52)67)58(19-40-28)7-10-61-13-22(46-49-61)16-70-34-43-35(71-17-23-14-62(50-47-23)11-8-59-20-41-29-26(59)32(65)56(5)38(68)53(29)2)45-36(44-34)72-18-24-15-63(51-48-24)12-9-60-21-42-30-27(60)33(66)57(6)39(69)54(30)3/h13-15,19-21H,7-12,16-18H2,1-6H3. The quantitative estimate of drug-likeness (QED) is 0.0785. The molecule has 0 aromatic carbocycles. The van der Waals surface area contributed by atoms with Gasteiger partial charge in [-0.15, -0.1) is 30.2 Å². The van der Waals surface area contributed by atoms with Crippen LogP contribution in [-0.4, -0.2) is 116 Å². The first-order chi connectivity index (χ1) is 34.6. The fourth-order valence-corrected chi connectivity index (χ4v) is 7.80. The van der Waals surface area contributed by atoms with E-state index in [1.807, 2.05) is 0 Å². The van der Waals surface area contributed by atoms with Gasteiger partial charge in [-0.05, 0) is 0 Å². The highest BCUT2D eigenvalue weighted by molar-refractivity contribution is 5.71. The Morgan fingerprint density at radius 2 is 0.667 bits per heavy atom. The lowest BCUT2D eigenvalue weighted by Crippen LogP contribution is -2.37. The van der Waals surface area contributed by atoms with Gasteiger partial charge in [0.05, 0.1) is 57.2 Å². The van der Waals surface area contributed by atoms with E-state index in [0.717, 1.165) is 13.7 Å². The van der Waals surface area contributed by atoms with E-state index >= 15 is 0 Å². The summed E-state index contributed by atoms with van der Waals surface area (Å²) in [6.07, 6.45) is 9.39. The fourth-order valence-electron chi connectivity index (χ4n) is 7.80. The molecule has 72 heavy (non-hydrogen) atoms. The van der Waals surface area contributed by atoms with Gasteiger partial charge in [-0.2, -0.15) is 0 Å². The molecule has 33 nitrogen and oxygen atoms in total. The van der Waals surface area contributed by atoms with Crippen molar-refractivity contribution in [3.05, 3.63) is 117 Å². The van der Waals surface area contributed by atoms with Gasteiger partial charge >= 0.3 is 35.1 Å². The molecule has 33 heteroatoms. The zero-order valence-corrected chi connectivity index (χ0v) is 39.2. The summed E-state index contributed by atoms with van der Waals surface area (Å²) in [7, 11) is 8.85. The number of aromatic nitrogens is 24. The molecule has 10 aromatic heterocycles. The maximum absolute atomic E-state index is 12.9. The van der Waals surface area contributed by atoms with Crippen molar-refractivity contribution in [1.29, 1.82) is 0 Å². The number of hydrogen-bond acceptors (Lipinski definition) is 21. The van der Waals surface area contributed by atoms with E-state index in [-0.39, 0.29) is 71.3 Å². The third-order valence-electron chi connectivity index (χ3n) is 11.7. The fraction of sp³-hybridized carbons (Fsp3) is 0.385. The van der Waals surface area contributed by atoms with E-state index in [1.54, 1.807) is 67.5 Å². The SMILES string of the molecule is Cn1c(=O)c2c(ncn2CCn2cc(COc3nc(OCc4cn(CCn5cnc6c5c(=O)n(C)c(=O)n6C)nn4)nc(OCc4cn(CCn5cnc6c5c(=O)n(C)c(=O)n6C)nn4)n3)nn2)n(C)c1=O. The van der Waals surface area contributed by atoms with Crippen LogP contribution in [0.3, 0.4) is 0 Å². The molecule has 0 aliphatic heterocycles. The van der Waals surface area contributed by atoms with Crippen LogP contribution in [0.5, 0.6) is 18.0 Å². The lowest BCUT2D eigenvalue weighted by molar-refractivity contribution is 0.219. The van der Waals surface area contributed by atoms with Crippen LogP contribution in [0.15, 0.2) is 66.3 Å². The first kappa shape index (κ1) is 46.0. The molecule has 0 atom stereocenters. The predicted molar refractivity (Wildman–Crippen MR) is 244 cm³/mol. The normalized spacial score (nSPS) is 11.8. The summed E-state index contributed by atoms with van der Waals surface area (Å²) in [6, 6.07) is -0.554. The minimum atomic E-state index is -0.481. The van der Waals surface area contributed by atoms with Crippen molar-refractivity contribution in [3.8, 4) is 18.0 Å². The van der Waals surface area contributed by atoms with E-state index in [9.17, 15) is 28.8 Å². The van der Waals surface area contributed by atoms with E-state index in [1.165, 1.54) is 53.8 Å². The van der Waals surface area contributed by atoms with Crippen LogP contribution in [0.1, 0.15) is 17.1 Å². The molecule has 0 N–H and O–H groups in total. The zero-order valence-electron chi connectivity index (χ0n) is 39.2. The molecule has 0 saturated carbocycles. The molecule has 372 valence electrons. The van der Waals surface area contributed by atoms with Gasteiger partial charge in [-0.25, -0.2) is 29.3 Å². The third-order valence-corrected chi connectivity index (χ3v) is 11.7. The molecule has 0 unspecified atom stereocenters. The largest absolute Gasteiger partial charge is 0.457 e. The highest BCUT2D eigenvalue weighted by atomic mass is 16.5.